The summed E-state index contributed by atoms with van der Waals surface area (Å²) in [7, 11) is -0.498. The molecule has 0 aromatic rings. The summed E-state index contributed by atoms with van der Waals surface area (Å²) >= 11 is 0. The van der Waals surface area contributed by atoms with Crippen LogP contribution in [0.15, 0.2) is 0 Å². The van der Waals surface area contributed by atoms with Gasteiger partial charge >= 0.3 is 0 Å². The molecule has 0 radical (unpaired) electrons. The molecular weight excluding hydrogens is 182 g/mol. The van der Waals surface area contributed by atoms with Crippen molar-refractivity contribution in [3.8, 4) is 0 Å². The molecule has 2 nitrogen and oxygen atoms in total. The second kappa shape index (κ2) is 3.87. The van der Waals surface area contributed by atoms with Gasteiger partial charge in [0.1, 0.15) is 0 Å². The van der Waals surface area contributed by atoms with Crippen molar-refractivity contribution >= 4 is 23.2 Å². The summed E-state index contributed by atoms with van der Waals surface area (Å²) in [6, 6.07) is 0. The van der Waals surface area contributed by atoms with Gasteiger partial charge in [0.15, 0.2) is 0 Å². The van der Waals surface area contributed by atoms with Gasteiger partial charge in [-0.25, -0.2) is 0 Å². The maximum absolute atomic E-state index is 11.5. The maximum atomic E-state index is 11.5. The van der Waals surface area contributed by atoms with Gasteiger partial charge in [-0.1, -0.05) is 0 Å². The molecule has 2 aliphatic heterocycles. The van der Waals surface area contributed by atoms with Crippen molar-refractivity contribution in [1.29, 1.82) is 0 Å². The maximum Gasteiger partial charge on any atom is 0.0475 e. The lowest BCUT2D eigenvalue weighted by Gasteiger charge is -2.05. The van der Waals surface area contributed by atoms with Crippen LogP contribution in [0.5, 0.6) is 0 Å². The third kappa shape index (κ3) is 1.76. The van der Waals surface area contributed by atoms with Gasteiger partial charge in [0, 0.05) is 27.8 Å². The van der Waals surface area contributed by atoms with E-state index in [2.05, 4.69) is 5.32 Å². The zero-order chi connectivity index (χ0) is 6.97. The number of fused-ring (bicyclic) bond motifs is 2. The molecule has 11 heavy (non-hydrogen) atoms. The Labute approximate surface area is 76.0 Å². The van der Waals surface area contributed by atoms with Crippen molar-refractivity contribution in [1.82, 2.24) is 5.32 Å². The van der Waals surface area contributed by atoms with E-state index in [1.165, 1.54) is 12.8 Å². The van der Waals surface area contributed by atoms with Crippen LogP contribution in [0.4, 0.5) is 0 Å². The molecule has 0 aromatic heterocycles. The van der Waals surface area contributed by atoms with E-state index < -0.39 is 10.8 Å². The Hall–Kier alpha value is 0.400. The molecule has 2 fully saturated rings. The Balaban J connectivity index is 0.000000605. The van der Waals surface area contributed by atoms with Gasteiger partial charge in [-0.05, 0) is 25.8 Å². The Bertz CT molecular complexity index is 149. The minimum Gasteiger partial charge on any atom is -0.315 e. The zero-order valence-corrected chi connectivity index (χ0v) is 8.05. The monoisotopic (exact) mass is 195 g/mol. The highest BCUT2D eigenvalue weighted by Gasteiger charge is 2.33. The Morgan fingerprint density at radius 2 is 1.91 bits per heavy atom. The van der Waals surface area contributed by atoms with Crippen molar-refractivity contribution in [2.24, 2.45) is 0 Å². The van der Waals surface area contributed by atoms with Crippen LogP contribution in [0.25, 0.3) is 0 Å². The Kier molecular flexibility index (Phi) is 3.34. The third-order valence-corrected chi connectivity index (χ3v) is 4.67. The number of hydrogen-bond donors (Lipinski definition) is 1. The highest BCUT2D eigenvalue weighted by atomic mass is 35.5. The summed E-state index contributed by atoms with van der Waals surface area (Å²) in [5, 5.41) is 4.32. The molecule has 0 saturated carbocycles. The average molecular weight is 196 g/mol. The standard InChI is InChI=1S/C7H13NOS.ClH/c9-10-6-1-2-7(10)5-8-4-3-6;/h6-8H,1-5H2;1H. The zero-order valence-electron chi connectivity index (χ0n) is 6.41. The molecule has 2 aliphatic rings. The van der Waals surface area contributed by atoms with Crippen LogP contribution in [-0.2, 0) is 10.8 Å². The smallest absolute Gasteiger partial charge is 0.0475 e. The van der Waals surface area contributed by atoms with E-state index in [1.54, 1.807) is 0 Å². The van der Waals surface area contributed by atoms with Crippen molar-refractivity contribution in [3.63, 3.8) is 0 Å². The molecule has 2 bridgehead atoms. The summed E-state index contributed by atoms with van der Waals surface area (Å²) in [6.45, 7) is 2.07. The van der Waals surface area contributed by atoms with Gasteiger partial charge in [0.25, 0.3) is 0 Å². The highest BCUT2D eigenvalue weighted by Crippen LogP contribution is 2.26. The minimum absolute atomic E-state index is 0. The fourth-order valence-corrected chi connectivity index (χ4v) is 3.76. The first-order valence-electron chi connectivity index (χ1n) is 3.98. The predicted octanol–water partition coefficient (Wildman–Crippen LogP) is 0.681. The van der Waals surface area contributed by atoms with Crippen LogP contribution < -0.4 is 5.32 Å². The highest BCUT2D eigenvalue weighted by molar-refractivity contribution is 7.86. The summed E-state index contributed by atoms with van der Waals surface area (Å²) in [6.07, 6.45) is 3.52. The fourth-order valence-electron chi connectivity index (χ4n) is 1.85. The first-order chi connectivity index (χ1) is 4.88. The predicted molar refractivity (Wildman–Crippen MR) is 49.7 cm³/mol. The van der Waals surface area contributed by atoms with E-state index in [1.807, 2.05) is 0 Å². The third-order valence-electron chi connectivity index (χ3n) is 2.48. The van der Waals surface area contributed by atoms with Crippen molar-refractivity contribution in [2.75, 3.05) is 13.1 Å². The van der Waals surface area contributed by atoms with Gasteiger partial charge in [0.2, 0.25) is 0 Å². The largest absolute Gasteiger partial charge is 0.315 e. The van der Waals surface area contributed by atoms with Crippen LogP contribution in [-0.4, -0.2) is 27.8 Å². The molecule has 3 unspecified atom stereocenters. The summed E-state index contributed by atoms with van der Waals surface area (Å²) in [5.74, 6) is 0. The van der Waals surface area contributed by atoms with Gasteiger partial charge in [-0.2, -0.15) is 0 Å². The van der Waals surface area contributed by atoms with Crippen molar-refractivity contribution in [2.45, 2.75) is 29.8 Å². The number of halogens is 1. The first kappa shape index (κ1) is 9.49. The van der Waals surface area contributed by atoms with Gasteiger partial charge in [-0.15, -0.1) is 12.4 Å². The summed E-state index contributed by atoms with van der Waals surface area (Å²) in [5.41, 5.74) is 0. The molecule has 4 heteroatoms. The van der Waals surface area contributed by atoms with Crippen LogP contribution in [0.1, 0.15) is 19.3 Å². The second-order valence-corrected chi connectivity index (χ2v) is 5.13. The van der Waals surface area contributed by atoms with Gasteiger partial charge < -0.3 is 5.32 Å². The SMILES string of the molecule is Cl.O=S1C2CCNCC1CC2. The lowest BCUT2D eigenvalue weighted by molar-refractivity contribution is 0.567. The summed E-state index contributed by atoms with van der Waals surface area (Å²) in [4.78, 5) is 0. The number of rotatable bonds is 0. The lowest BCUT2D eigenvalue weighted by Crippen LogP contribution is -2.25. The molecule has 1 N–H and O–H groups in total. The normalized spacial score (nSPS) is 42.7. The molecule has 2 saturated heterocycles. The lowest BCUT2D eigenvalue weighted by atomic mass is 10.1. The molecule has 3 atom stereocenters. The number of hydrogen-bond acceptors (Lipinski definition) is 2. The van der Waals surface area contributed by atoms with E-state index in [0.717, 1.165) is 19.5 Å². The van der Waals surface area contributed by atoms with Gasteiger partial charge in [-0.3, -0.25) is 4.21 Å². The minimum atomic E-state index is -0.498. The van der Waals surface area contributed by atoms with Crippen LogP contribution in [0.3, 0.4) is 0 Å². The first-order valence-corrected chi connectivity index (χ1v) is 5.25. The van der Waals surface area contributed by atoms with E-state index in [4.69, 9.17) is 0 Å². The average Bonchev–Trinajstić information content (AvgIpc) is 2.06. The Morgan fingerprint density at radius 3 is 2.73 bits per heavy atom. The Morgan fingerprint density at radius 1 is 1.18 bits per heavy atom. The van der Waals surface area contributed by atoms with E-state index in [9.17, 15) is 4.21 Å². The van der Waals surface area contributed by atoms with Crippen LogP contribution in [0.2, 0.25) is 0 Å². The quantitative estimate of drug-likeness (QED) is 0.616. The van der Waals surface area contributed by atoms with Crippen LogP contribution >= 0.6 is 12.4 Å². The van der Waals surface area contributed by atoms with Crippen molar-refractivity contribution in [3.05, 3.63) is 0 Å². The fraction of sp³-hybridized carbons (Fsp3) is 1.00. The van der Waals surface area contributed by atoms with E-state index in [-0.39, 0.29) is 12.4 Å². The van der Waals surface area contributed by atoms with Crippen LogP contribution in [0, 0.1) is 0 Å². The van der Waals surface area contributed by atoms with Gasteiger partial charge in [0.05, 0.1) is 0 Å². The number of nitrogens with one attached hydrogen (secondary N) is 1. The molecular formula is C7H14ClNOS. The van der Waals surface area contributed by atoms with E-state index in [0.29, 0.717) is 10.5 Å². The van der Waals surface area contributed by atoms with Crippen molar-refractivity contribution < 1.29 is 4.21 Å². The van der Waals surface area contributed by atoms with E-state index >= 15 is 0 Å². The molecule has 0 aromatic carbocycles. The molecule has 66 valence electrons. The summed E-state index contributed by atoms with van der Waals surface area (Å²) < 4.78 is 11.5. The topological polar surface area (TPSA) is 29.1 Å². The molecule has 0 amide bonds. The molecule has 0 spiro atoms. The second-order valence-electron chi connectivity index (χ2n) is 3.14. The molecule has 2 rings (SSSR count). The molecule has 0 aliphatic carbocycles. The molecule has 2 heterocycles.